The molecule has 1 aliphatic heterocycles. The van der Waals surface area contributed by atoms with Crippen LogP contribution in [-0.2, 0) is 20.0 Å². The second kappa shape index (κ2) is 3.71. The average molecular weight is 194 g/mol. The molecule has 0 aromatic carbocycles. The van der Waals surface area contributed by atoms with Crippen molar-refractivity contribution < 1.29 is 0 Å². The monoisotopic (exact) mass is 194 g/mol. The molecule has 0 radical (unpaired) electrons. The Bertz CT molecular complexity index is 312. The molecule has 14 heavy (non-hydrogen) atoms. The van der Waals surface area contributed by atoms with Gasteiger partial charge in [0, 0.05) is 44.5 Å². The molecular weight excluding hydrogens is 176 g/mol. The minimum Gasteiger partial charge on any atom is -0.325 e. The number of hydrogen-bond donors (Lipinski definition) is 1. The minimum absolute atomic E-state index is 0.386. The Hall–Kier alpha value is -0.870. The Morgan fingerprint density at radius 3 is 2.86 bits per heavy atom. The summed E-state index contributed by atoms with van der Waals surface area (Å²) in [5, 5.41) is 4.42. The molecule has 1 aromatic heterocycles. The Balaban J connectivity index is 2.01. The highest BCUT2D eigenvalue weighted by Gasteiger charge is 2.23. The van der Waals surface area contributed by atoms with E-state index in [1.807, 2.05) is 11.7 Å². The lowest BCUT2D eigenvalue weighted by molar-refractivity contribution is 0.142. The van der Waals surface area contributed by atoms with Crippen LogP contribution in [0, 0.1) is 0 Å². The molecule has 0 saturated carbocycles. The van der Waals surface area contributed by atoms with Crippen LogP contribution < -0.4 is 5.73 Å². The van der Waals surface area contributed by atoms with E-state index in [4.69, 9.17) is 5.73 Å². The largest absolute Gasteiger partial charge is 0.325 e. The molecule has 4 heteroatoms. The molecule has 0 spiro atoms. The first-order valence-corrected chi connectivity index (χ1v) is 5.18. The second-order valence-corrected chi connectivity index (χ2v) is 4.08. The summed E-state index contributed by atoms with van der Waals surface area (Å²) < 4.78 is 1.90. The Morgan fingerprint density at radius 2 is 2.29 bits per heavy atom. The highest BCUT2D eigenvalue weighted by Crippen LogP contribution is 2.14. The van der Waals surface area contributed by atoms with Crippen molar-refractivity contribution in [3.05, 3.63) is 17.5 Å². The van der Waals surface area contributed by atoms with Gasteiger partial charge in [0.15, 0.2) is 0 Å². The van der Waals surface area contributed by atoms with Gasteiger partial charge in [-0.25, -0.2) is 0 Å². The summed E-state index contributed by atoms with van der Waals surface area (Å²) in [6.45, 7) is 5.20. The summed E-state index contributed by atoms with van der Waals surface area (Å²) in [5.41, 5.74) is 8.30. The van der Waals surface area contributed by atoms with Gasteiger partial charge in [-0.1, -0.05) is 6.92 Å². The van der Waals surface area contributed by atoms with Crippen LogP contribution in [0.25, 0.3) is 0 Å². The Labute approximate surface area is 84.7 Å². The first-order valence-electron chi connectivity index (χ1n) is 5.18. The van der Waals surface area contributed by atoms with Crippen LogP contribution in [0.2, 0.25) is 0 Å². The van der Waals surface area contributed by atoms with Gasteiger partial charge in [-0.3, -0.25) is 9.58 Å². The van der Waals surface area contributed by atoms with E-state index in [2.05, 4.69) is 23.1 Å². The fraction of sp³-hybridized carbons (Fsp3) is 0.700. The SMILES string of the molecule is CCc1nn(C)cc1CN1CC(N)C1. The number of hydrogen-bond acceptors (Lipinski definition) is 3. The van der Waals surface area contributed by atoms with E-state index in [0.717, 1.165) is 26.1 Å². The molecule has 0 unspecified atom stereocenters. The van der Waals surface area contributed by atoms with Crippen molar-refractivity contribution >= 4 is 0 Å². The van der Waals surface area contributed by atoms with Crippen LogP contribution in [0.3, 0.4) is 0 Å². The predicted molar refractivity (Wildman–Crippen MR) is 55.8 cm³/mol. The fourth-order valence-corrected chi connectivity index (χ4v) is 1.99. The number of likely N-dealkylation sites (tertiary alicyclic amines) is 1. The fourth-order valence-electron chi connectivity index (χ4n) is 1.99. The average Bonchev–Trinajstić information content (AvgIpc) is 2.43. The summed E-state index contributed by atoms with van der Waals surface area (Å²) in [6.07, 6.45) is 3.12. The first kappa shape index (κ1) is 9.68. The maximum Gasteiger partial charge on any atom is 0.0666 e. The summed E-state index contributed by atoms with van der Waals surface area (Å²) >= 11 is 0. The third-order valence-corrected chi connectivity index (χ3v) is 2.71. The van der Waals surface area contributed by atoms with E-state index < -0.39 is 0 Å². The molecule has 4 nitrogen and oxygen atoms in total. The molecule has 78 valence electrons. The summed E-state index contributed by atoms with van der Waals surface area (Å²) in [4.78, 5) is 2.36. The lowest BCUT2D eigenvalue weighted by atomic mass is 10.1. The number of nitrogens with zero attached hydrogens (tertiary/aromatic N) is 3. The van der Waals surface area contributed by atoms with Gasteiger partial charge in [-0.05, 0) is 6.42 Å². The molecule has 1 fully saturated rings. The molecule has 2 rings (SSSR count). The van der Waals surface area contributed by atoms with Gasteiger partial charge in [0.1, 0.15) is 0 Å². The summed E-state index contributed by atoms with van der Waals surface area (Å²) in [7, 11) is 1.98. The van der Waals surface area contributed by atoms with Gasteiger partial charge < -0.3 is 5.73 Å². The lowest BCUT2D eigenvalue weighted by Crippen LogP contribution is -2.54. The molecule has 1 saturated heterocycles. The van der Waals surface area contributed by atoms with Gasteiger partial charge in [-0.2, -0.15) is 5.10 Å². The van der Waals surface area contributed by atoms with Crippen LogP contribution in [0.1, 0.15) is 18.2 Å². The number of rotatable bonds is 3. The van der Waals surface area contributed by atoms with E-state index >= 15 is 0 Å². The molecule has 2 heterocycles. The summed E-state index contributed by atoms with van der Waals surface area (Å²) in [6, 6.07) is 0.386. The Kier molecular flexibility index (Phi) is 2.56. The van der Waals surface area contributed by atoms with Crippen LogP contribution in [-0.4, -0.2) is 33.8 Å². The van der Waals surface area contributed by atoms with Gasteiger partial charge in [0.25, 0.3) is 0 Å². The van der Waals surface area contributed by atoms with E-state index in [9.17, 15) is 0 Å². The van der Waals surface area contributed by atoms with Crippen molar-refractivity contribution in [2.24, 2.45) is 12.8 Å². The van der Waals surface area contributed by atoms with Crippen LogP contribution in [0.5, 0.6) is 0 Å². The van der Waals surface area contributed by atoms with Crippen molar-refractivity contribution in [2.75, 3.05) is 13.1 Å². The third-order valence-electron chi connectivity index (χ3n) is 2.71. The number of aryl methyl sites for hydroxylation is 2. The van der Waals surface area contributed by atoms with Crippen LogP contribution in [0.4, 0.5) is 0 Å². The standard InChI is InChI=1S/C10H18N4/c1-3-10-8(4-13(2)12-10)5-14-6-9(11)7-14/h4,9H,3,5-7,11H2,1-2H3. The highest BCUT2D eigenvalue weighted by atomic mass is 15.3. The smallest absolute Gasteiger partial charge is 0.0666 e. The van der Waals surface area contributed by atoms with Crippen molar-refractivity contribution in [2.45, 2.75) is 25.9 Å². The number of aromatic nitrogens is 2. The van der Waals surface area contributed by atoms with Crippen LogP contribution in [0.15, 0.2) is 6.20 Å². The highest BCUT2D eigenvalue weighted by molar-refractivity contribution is 5.17. The Morgan fingerprint density at radius 1 is 1.57 bits per heavy atom. The van der Waals surface area contributed by atoms with Gasteiger partial charge >= 0.3 is 0 Å². The molecule has 2 N–H and O–H groups in total. The minimum atomic E-state index is 0.386. The maximum absolute atomic E-state index is 5.74. The molecular formula is C10H18N4. The number of nitrogens with two attached hydrogens (primary N) is 1. The van der Waals surface area contributed by atoms with Gasteiger partial charge in [0.2, 0.25) is 0 Å². The molecule has 1 aromatic rings. The second-order valence-electron chi connectivity index (χ2n) is 4.08. The summed E-state index contributed by atoms with van der Waals surface area (Å²) in [5.74, 6) is 0. The molecule has 0 atom stereocenters. The maximum atomic E-state index is 5.74. The first-order chi connectivity index (χ1) is 6.69. The third kappa shape index (κ3) is 1.81. The van der Waals surface area contributed by atoms with Crippen molar-refractivity contribution in [1.29, 1.82) is 0 Å². The van der Waals surface area contributed by atoms with E-state index in [-0.39, 0.29) is 0 Å². The molecule has 0 aliphatic carbocycles. The quantitative estimate of drug-likeness (QED) is 0.743. The zero-order chi connectivity index (χ0) is 10.1. The molecule has 1 aliphatic rings. The van der Waals surface area contributed by atoms with Crippen molar-refractivity contribution in [1.82, 2.24) is 14.7 Å². The van der Waals surface area contributed by atoms with Gasteiger partial charge in [0.05, 0.1) is 5.69 Å². The van der Waals surface area contributed by atoms with Gasteiger partial charge in [-0.15, -0.1) is 0 Å². The molecule has 0 bridgehead atoms. The zero-order valence-corrected chi connectivity index (χ0v) is 8.90. The zero-order valence-electron chi connectivity index (χ0n) is 8.90. The lowest BCUT2D eigenvalue weighted by Gasteiger charge is -2.36. The van der Waals surface area contributed by atoms with E-state index in [1.54, 1.807) is 0 Å². The van der Waals surface area contributed by atoms with Crippen molar-refractivity contribution in [3.8, 4) is 0 Å². The topological polar surface area (TPSA) is 47.1 Å². The normalized spacial score (nSPS) is 18.5. The predicted octanol–water partition coefficient (Wildman–Crippen LogP) is 0.125. The van der Waals surface area contributed by atoms with E-state index in [1.165, 1.54) is 11.3 Å². The van der Waals surface area contributed by atoms with E-state index in [0.29, 0.717) is 6.04 Å². The van der Waals surface area contributed by atoms with Crippen LogP contribution >= 0.6 is 0 Å². The molecule has 0 amide bonds. The van der Waals surface area contributed by atoms with Crippen molar-refractivity contribution in [3.63, 3.8) is 0 Å².